The third-order valence-electron chi connectivity index (χ3n) is 2.44. The molecule has 1 N–H and O–H groups in total. The van der Waals surface area contributed by atoms with Gasteiger partial charge in [-0.05, 0) is 24.1 Å². The quantitative estimate of drug-likeness (QED) is 0.809. The lowest BCUT2D eigenvalue weighted by Gasteiger charge is -2.17. The molecule has 1 heterocycles. The second-order valence-electron chi connectivity index (χ2n) is 3.52. The first-order chi connectivity index (χ1) is 7.70. The second kappa shape index (κ2) is 4.38. The number of carbonyl (C=O) groups is 1. The summed E-state index contributed by atoms with van der Waals surface area (Å²) in [5.41, 5.74) is 2.03. The monoisotopic (exact) mass is 232 g/mol. The van der Waals surface area contributed by atoms with E-state index in [1.807, 2.05) is 0 Å². The Hall–Kier alpha value is -1.79. The molecule has 0 radical (unpaired) electrons. The highest BCUT2D eigenvalue weighted by Gasteiger charge is 2.18. The van der Waals surface area contributed by atoms with E-state index in [9.17, 15) is 4.79 Å². The Morgan fingerprint density at radius 1 is 1.25 bits per heavy atom. The molecule has 0 saturated carbocycles. The minimum atomic E-state index is -0.0519. The van der Waals surface area contributed by atoms with Gasteiger partial charge in [-0.25, -0.2) is 0 Å². The molecular weight excluding hydrogens is 224 g/mol. The lowest BCUT2D eigenvalue weighted by molar-refractivity contribution is -0.120. The van der Waals surface area contributed by atoms with Crippen LogP contribution in [0.2, 0.25) is 5.02 Å². The third kappa shape index (κ3) is 2.07. The van der Waals surface area contributed by atoms with Crippen molar-refractivity contribution in [1.29, 1.82) is 5.26 Å². The highest BCUT2D eigenvalue weighted by atomic mass is 35.5. The fourth-order valence-electron chi connectivity index (χ4n) is 1.62. The molecule has 3 nitrogen and oxygen atoms in total. The number of benzene rings is 1. The van der Waals surface area contributed by atoms with Crippen LogP contribution in [0.5, 0.6) is 0 Å². The summed E-state index contributed by atoms with van der Waals surface area (Å²) < 4.78 is 0. The van der Waals surface area contributed by atoms with Crippen molar-refractivity contribution in [2.45, 2.75) is 12.8 Å². The van der Waals surface area contributed by atoms with Gasteiger partial charge in [0, 0.05) is 11.4 Å². The number of halogens is 1. The smallest absolute Gasteiger partial charge is 0.224 e. The maximum Gasteiger partial charge on any atom is 0.224 e. The van der Waals surface area contributed by atoms with E-state index in [1.165, 1.54) is 0 Å². The number of allylic oxidation sites excluding steroid dienone is 1. The van der Waals surface area contributed by atoms with E-state index in [4.69, 9.17) is 16.9 Å². The normalized spacial score (nSPS) is 15.6. The van der Waals surface area contributed by atoms with Gasteiger partial charge < -0.3 is 5.32 Å². The van der Waals surface area contributed by atoms with E-state index < -0.39 is 0 Å². The van der Waals surface area contributed by atoms with E-state index in [-0.39, 0.29) is 5.91 Å². The van der Waals surface area contributed by atoms with Gasteiger partial charge >= 0.3 is 0 Å². The first-order valence-corrected chi connectivity index (χ1v) is 5.27. The molecule has 80 valence electrons. The predicted molar refractivity (Wildman–Crippen MR) is 61.4 cm³/mol. The van der Waals surface area contributed by atoms with Crippen LogP contribution in [0.25, 0.3) is 5.70 Å². The van der Waals surface area contributed by atoms with Gasteiger partial charge in [0.15, 0.2) is 0 Å². The van der Waals surface area contributed by atoms with Crippen molar-refractivity contribution in [3.8, 4) is 6.07 Å². The maximum atomic E-state index is 11.3. The molecule has 2 rings (SSSR count). The standard InChI is InChI=1S/C12H9ClN2O/c13-10-4-1-8(2-5-10)12-9(7-14)3-6-11(16)15-12/h1-2,4-5H,3,6H2,(H,15,16). The van der Waals surface area contributed by atoms with Crippen molar-refractivity contribution in [2.75, 3.05) is 0 Å². The number of nitrogens with one attached hydrogen (secondary N) is 1. The molecule has 0 atom stereocenters. The Labute approximate surface area is 98.3 Å². The molecular formula is C12H9ClN2O. The molecule has 0 spiro atoms. The SMILES string of the molecule is N#CC1=C(c2ccc(Cl)cc2)NC(=O)CC1. The third-order valence-corrected chi connectivity index (χ3v) is 2.69. The summed E-state index contributed by atoms with van der Waals surface area (Å²) in [6.07, 6.45) is 0.875. The first-order valence-electron chi connectivity index (χ1n) is 4.90. The number of hydrogen-bond donors (Lipinski definition) is 1. The van der Waals surface area contributed by atoms with Crippen molar-refractivity contribution in [2.24, 2.45) is 0 Å². The molecule has 0 bridgehead atoms. The molecule has 4 heteroatoms. The molecule has 0 fully saturated rings. The number of amides is 1. The van der Waals surface area contributed by atoms with Crippen LogP contribution < -0.4 is 5.32 Å². The average Bonchev–Trinajstić information content (AvgIpc) is 2.30. The van der Waals surface area contributed by atoms with Gasteiger partial charge in [0.05, 0.1) is 17.3 Å². The molecule has 1 aliphatic heterocycles. The number of nitriles is 1. The molecule has 0 aromatic heterocycles. The summed E-state index contributed by atoms with van der Waals surface area (Å²) in [4.78, 5) is 11.3. The van der Waals surface area contributed by atoms with Crippen molar-refractivity contribution in [3.05, 3.63) is 40.4 Å². The van der Waals surface area contributed by atoms with E-state index in [0.717, 1.165) is 5.56 Å². The Balaban J connectivity index is 2.44. The summed E-state index contributed by atoms with van der Waals surface area (Å²) in [6, 6.07) is 9.18. The van der Waals surface area contributed by atoms with Crippen molar-refractivity contribution < 1.29 is 4.79 Å². The highest BCUT2D eigenvalue weighted by molar-refractivity contribution is 6.30. The lowest BCUT2D eigenvalue weighted by atomic mass is 9.99. The highest BCUT2D eigenvalue weighted by Crippen LogP contribution is 2.24. The molecule has 1 amide bonds. The number of carbonyl (C=O) groups excluding carboxylic acids is 1. The predicted octanol–water partition coefficient (Wildman–Crippen LogP) is 2.48. The second-order valence-corrected chi connectivity index (χ2v) is 3.96. The first kappa shape index (κ1) is 10.7. The van der Waals surface area contributed by atoms with Crippen LogP contribution in [0.15, 0.2) is 29.8 Å². The number of hydrogen-bond acceptors (Lipinski definition) is 2. The van der Waals surface area contributed by atoms with Crippen LogP contribution in [-0.2, 0) is 4.79 Å². The summed E-state index contributed by atoms with van der Waals surface area (Å²) >= 11 is 5.78. The Bertz CT molecular complexity index is 497. The van der Waals surface area contributed by atoms with Crippen LogP contribution in [0.1, 0.15) is 18.4 Å². The number of rotatable bonds is 1. The molecule has 16 heavy (non-hydrogen) atoms. The van der Waals surface area contributed by atoms with Crippen LogP contribution in [0.4, 0.5) is 0 Å². The Kier molecular flexibility index (Phi) is 2.93. The molecule has 0 aliphatic carbocycles. The van der Waals surface area contributed by atoms with Crippen LogP contribution >= 0.6 is 11.6 Å². The average molecular weight is 233 g/mol. The topological polar surface area (TPSA) is 52.9 Å². The van der Waals surface area contributed by atoms with Crippen LogP contribution in [-0.4, -0.2) is 5.91 Å². The molecule has 1 aromatic carbocycles. The van der Waals surface area contributed by atoms with Crippen molar-refractivity contribution in [3.63, 3.8) is 0 Å². The largest absolute Gasteiger partial charge is 0.325 e. The molecule has 0 unspecified atom stereocenters. The fourth-order valence-corrected chi connectivity index (χ4v) is 1.74. The van der Waals surface area contributed by atoms with E-state index in [1.54, 1.807) is 24.3 Å². The lowest BCUT2D eigenvalue weighted by Crippen LogP contribution is -2.26. The van der Waals surface area contributed by atoms with Crippen LogP contribution in [0.3, 0.4) is 0 Å². The molecule has 1 aromatic rings. The fraction of sp³-hybridized carbons (Fsp3) is 0.167. The number of nitrogens with zero attached hydrogens (tertiary/aromatic N) is 1. The zero-order chi connectivity index (χ0) is 11.5. The van der Waals surface area contributed by atoms with Gasteiger partial charge in [-0.1, -0.05) is 23.7 Å². The van der Waals surface area contributed by atoms with Crippen molar-refractivity contribution in [1.82, 2.24) is 5.32 Å². The van der Waals surface area contributed by atoms with Gasteiger partial charge in [-0.15, -0.1) is 0 Å². The van der Waals surface area contributed by atoms with Gasteiger partial charge in [-0.3, -0.25) is 4.79 Å². The zero-order valence-corrected chi connectivity index (χ0v) is 9.21. The van der Waals surface area contributed by atoms with Gasteiger partial charge in [0.2, 0.25) is 5.91 Å². The van der Waals surface area contributed by atoms with Gasteiger partial charge in [0.25, 0.3) is 0 Å². The van der Waals surface area contributed by atoms with Gasteiger partial charge in [0.1, 0.15) is 0 Å². The zero-order valence-electron chi connectivity index (χ0n) is 8.46. The molecule has 1 aliphatic rings. The summed E-state index contributed by atoms with van der Waals surface area (Å²) in [5, 5.41) is 12.3. The Morgan fingerprint density at radius 2 is 1.94 bits per heavy atom. The van der Waals surface area contributed by atoms with Crippen LogP contribution in [0, 0.1) is 11.3 Å². The summed E-state index contributed by atoms with van der Waals surface area (Å²) in [6.45, 7) is 0. The minimum Gasteiger partial charge on any atom is -0.325 e. The molecule has 0 saturated heterocycles. The van der Waals surface area contributed by atoms with E-state index in [0.29, 0.717) is 29.1 Å². The summed E-state index contributed by atoms with van der Waals surface area (Å²) in [5.74, 6) is -0.0519. The maximum absolute atomic E-state index is 11.3. The van der Waals surface area contributed by atoms with Gasteiger partial charge in [-0.2, -0.15) is 5.26 Å². The van der Waals surface area contributed by atoms with E-state index in [2.05, 4.69) is 11.4 Å². The van der Waals surface area contributed by atoms with E-state index >= 15 is 0 Å². The minimum absolute atomic E-state index is 0.0519. The Morgan fingerprint density at radius 3 is 2.56 bits per heavy atom. The summed E-state index contributed by atoms with van der Waals surface area (Å²) in [7, 11) is 0. The van der Waals surface area contributed by atoms with Crippen molar-refractivity contribution >= 4 is 23.2 Å².